The van der Waals surface area contributed by atoms with Crippen molar-refractivity contribution in [3.63, 3.8) is 0 Å². The summed E-state index contributed by atoms with van der Waals surface area (Å²) in [5.74, 6) is 1.59. The molecule has 0 saturated carbocycles. The van der Waals surface area contributed by atoms with Crippen LogP contribution in [0.5, 0.6) is 11.5 Å². The number of piperidine rings is 1. The third kappa shape index (κ3) is 2.63. The van der Waals surface area contributed by atoms with Gasteiger partial charge < -0.3 is 14.6 Å². The van der Waals surface area contributed by atoms with Crippen LogP contribution < -0.4 is 9.47 Å². The maximum Gasteiger partial charge on any atom is 0.125 e. The smallest absolute Gasteiger partial charge is 0.125 e. The summed E-state index contributed by atoms with van der Waals surface area (Å²) in [6, 6.07) is 5.78. The van der Waals surface area contributed by atoms with E-state index in [1.54, 1.807) is 0 Å². The minimum Gasteiger partial charge on any atom is -0.494 e. The van der Waals surface area contributed by atoms with Crippen molar-refractivity contribution in [2.75, 3.05) is 26.3 Å². The first kappa shape index (κ1) is 13.7. The SMILES string of the molecule is CCOc1ccc2c(c1)C(O)C(N1CCCCC1)CO2. The molecule has 0 aromatic heterocycles. The second-order valence-corrected chi connectivity index (χ2v) is 5.55. The second-order valence-electron chi connectivity index (χ2n) is 5.55. The Morgan fingerprint density at radius 3 is 2.85 bits per heavy atom. The van der Waals surface area contributed by atoms with E-state index in [-0.39, 0.29) is 6.04 Å². The zero-order chi connectivity index (χ0) is 13.9. The lowest BCUT2D eigenvalue weighted by Gasteiger charge is -2.40. The summed E-state index contributed by atoms with van der Waals surface area (Å²) in [7, 11) is 0. The van der Waals surface area contributed by atoms with Gasteiger partial charge in [-0.05, 0) is 51.1 Å². The molecule has 1 aromatic rings. The van der Waals surface area contributed by atoms with E-state index in [1.165, 1.54) is 19.3 Å². The Hall–Kier alpha value is -1.26. The molecule has 3 rings (SSSR count). The minimum absolute atomic E-state index is 0.0691. The molecule has 2 atom stereocenters. The second kappa shape index (κ2) is 6.02. The minimum atomic E-state index is -0.489. The Balaban J connectivity index is 1.80. The first-order chi connectivity index (χ1) is 9.79. The van der Waals surface area contributed by atoms with Gasteiger partial charge in [0.25, 0.3) is 0 Å². The van der Waals surface area contributed by atoms with Crippen LogP contribution >= 0.6 is 0 Å². The van der Waals surface area contributed by atoms with Gasteiger partial charge in [-0.25, -0.2) is 0 Å². The van der Waals surface area contributed by atoms with Gasteiger partial charge in [-0.2, -0.15) is 0 Å². The van der Waals surface area contributed by atoms with E-state index in [9.17, 15) is 5.11 Å². The molecule has 0 bridgehead atoms. The van der Waals surface area contributed by atoms with Gasteiger partial charge in [0, 0.05) is 5.56 Å². The molecule has 1 aromatic carbocycles. The van der Waals surface area contributed by atoms with Crippen LogP contribution in [0.2, 0.25) is 0 Å². The van der Waals surface area contributed by atoms with Crippen LogP contribution in [0.15, 0.2) is 18.2 Å². The molecule has 1 fully saturated rings. The molecule has 0 amide bonds. The third-order valence-corrected chi connectivity index (χ3v) is 4.24. The van der Waals surface area contributed by atoms with Crippen LogP contribution in [0.25, 0.3) is 0 Å². The lowest BCUT2D eigenvalue weighted by molar-refractivity contribution is -0.00450. The highest BCUT2D eigenvalue weighted by Crippen LogP contribution is 2.37. The number of rotatable bonds is 3. The molecule has 4 heteroatoms. The third-order valence-electron chi connectivity index (χ3n) is 4.24. The van der Waals surface area contributed by atoms with E-state index in [4.69, 9.17) is 9.47 Å². The maximum absolute atomic E-state index is 10.7. The highest BCUT2D eigenvalue weighted by atomic mass is 16.5. The van der Waals surface area contributed by atoms with Gasteiger partial charge in [0.05, 0.1) is 12.6 Å². The van der Waals surface area contributed by atoms with Gasteiger partial charge in [0.15, 0.2) is 0 Å². The molecular formula is C16H23NO3. The first-order valence-electron chi connectivity index (χ1n) is 7.61. The highest BCUT2D eigenvalue weighted by Gasteiger charge is 2.34. The number of fused-ring (bicyclic) bond motifs is 1. The first-order valence-corrected chi connectivity index (χ1v) is 7.61. The standard InChI is InChI=1S/C16H23NO3/c1-2-19-12-6-7-15-13(10-12)16(18)14(11-20-15)17-8-4-3-5-9-17/h6-7,10,14,16,18H,2-5,8-9,11H2,1H3. The number of hydrogen-bond donors (Lipinski definition) is 1. The van der Waals surface area contributed by atoms with E-state index in [1.807, 2.05) is 25.1 Å². The van der Waals surface area contributed by atoms with E-state index >= 15 is 0 Å². The van der Waals surface area contributed by atoms with Crippen molar-refractivity contribution in [3.05, 3.63) is 23.8 Å². The summed E-state index contributed by atoms with van der Waals surface area (Å²) in [6.45, 7) is 5.29. The Bertz CT molecular complexity index is 457. The average Bonchev–Trinajstić information content (AvgIpc) is 2.49. The Kier molecular flexibility index (Phi) is 4.13. The fraction of sp³-hybridized carbons (Fsp3) is 0.625. The fourth-order valence-electron chi connectivity index (χ4n) is 3.17. The fourth-order valence-corrected chi connectivity index (χ4v) is 3.17. The molecule has 1 saturated heterocycles. The van der Waals surface area contributed by atoms with Crippen molar-refractivity contribution in [2.24, 2.45) is 0 Å². The van der Waals surface area contributed by atoms with Gasteiger partial charge in [-0.15, -0.1) is 0 Å². The predicted molar refractivity (Wildman–Crippen MR) is 77.3 cm³/mol. The van der Waals surface area contributed by atoms with Gasteiger partial charge in [-0.3, -0.25) is 4.90 Å². The number of nitrogens with zero attached hydrogens (tertiary/aromatic N) is 1. The van der Waals surface area contributed by atoms with Gasteiger partial charge in [0.2, 0.25) is 0 Å². The summed E-state index contributed by atoms with van der Waals surface area (Å²) < 4.78 is 11.4. The zero-order valence-electron chi connectivity index (χ0n) is 12.0. The average molecular weight is 277 g/mol. The molecule has 0 radical (unpaired) electrons. The summed E-state index contributed by atoms with van der Waals surface area (Å²) in [4.78, 5) is 2.37. The molecule has 2 unspecified atom stereocenters. The lowest BCUT2D eigenvalue weighted by Crippen LogP contribution is -2.48. The van der Waals surface area contributed by atoms with Crippen molar-refractivity contribution < 1.29 is 14.6 Å². The van der Waals surface area contributed by atoms with Crippen LogP contribution in [-0.4, -0.2) is 42.4 Å². The van der Waals surface area contributed by atoms with Crippen molar-refractivity contribution in [2.45, 2.75) is 38.3 Å². The quantitative estimate of drug-likeness (QED) is 0.921. The van der Waals surface area contributed by atoms with Crippen LogP contribution in [0, 0.1) is 0 Å². The van der Waals surface area contributed by atoms with Gasteiger partial charge >= 0.3 is 0 Å². The number of benzene rings is 1. The largest absolute Gasteiger partial charge is 0.494 e. The van der Waals surface area contributed by atoms with Crippen molar-refractivity contribution in [3.8, 4) is 11.5 Å². The molecule has 20 heavy (non-hydrogen) atoms. The summed E-state index contributed by atoms with van der Waals surface area (Å²) in [5, 5.41) is 10.7. The van der Waals surface area contributed by atoms with E-state index in [0.29, 0.717) is 13.2 Å². The normalized spacial score (nSPS) is 26.7. The molecule has 110 valence electrons. The number of aliphatic hydroxyl groups is 1. The molecule has 2 heterocycles. The Labute approximate surface area is 120 Å². The number of hydrogen-bond acceptors (Lipinski definition) is 4. The van der Waals surface area contributed by atoms with Crippen LogP contribution in [0.1, 0.15) is 37.9 Å². The van der Waals surface area contributed by atoms with E-state index < -0.39 is 6.10 Å². The summed E-state index contributed by atoms with van der Waals surface area (Å²) >= 11 is 0. The molecule has 2 aliphatic rings. The Morgan fingerprint density at radius 2 is 2.10 bits per heavy atom. The lowest BCUT2D eigenvalue weighted by atomic mass is 9.96. The van der Waals surface area contributed by atoms with Crippen molar-refractivity contribution >= 4 is 0 Å². The van der Waals surface area contributed by atoms with E-state index in [2.05, 4.69) is 4.90 Å². The molecule has 2 aliphatic heterocycles. The molecular weight excluding hydrogens is 254 g/mol. The molecule has 0 aliphatic carbocycles. The zero-order valence-corrected chi connectivity index (χ0v) is 12.0. The maximum atomic E-state index is 10.7. The predicted octanol–water partition coefficient (Wildman–Crippen LogP) is 2.37. The van der Waals surface area contributed by atoms with Crippen molar-refractivity contribution in [1.29, 1.82) is 0 Å². The topological polar surface area (TPSA) is 41.9 Å². The van der Waals surface area contributed by atoms with Crippen LogP contribution in [-0.2, 0) is 0 Å². The van der Waals surface area contributed by atoms with E-state index in [0.717, 1.165) is 30.2 Å². The number of ether oxygens (including phenoxy) is 2. The molecule has 0 spiro atoms. The summed E-state index contributed by atoms with van der Waals surface area (Å²) in [6.07, 6.45) is 3.24. The molecule has 4 nitrogen and oxygen atoms in total. The van der Waals surface area contributed by atoms with Gasteiger partial charge in [0.1, 0.15) is 24.2 Å². The van der Waals surface area contributed by atoms with Crippen LogP contribution in [0.4, 0.5) is 0 Å². The van der Waals surface area contributed by atoms with Crippen LogP contribution in [0.3, 0.4) is 0 Å². The number of aliphatic hydroxyl groups excluding tert-OH is 1. The summed E-state index contributed by atoms with van der Waals surface area (Å²) in [5.41, 5.74) is 0.859. The number of likely N-dealkylation sites (tertiary alicyclic amines) is 1. The molecule has 1 N–H and O–H groups in total. The Morgan fingerprint density at radius 1 is 1.30 bits per heavy atom. The van der Waals surface area contributed by atoms with Crippen molar-refractivity contribution in [1.82, 2.24) is 4.90 Å². The highest BCUT2D eigenvalue weighted by molar-refractivity contribution is 5.43. The van der Waals surface area contributed by atoms with Gasteiger partial charge in [-0.1, -0.05) is 6.42 Å². The monoisotopic (exact) mass is 277 g/mol.